The zero-order chi connectivity index (χ0) is 46.7. The number of aromatic nitrogens is 4. The number of nitrogens with one attached hydrogen (secondary N) is 1. The second-order valence-electron chi connectivity index (χ2n) is 15.5. The molecule has 324 valence electrons. The van der Waals surface area contributed by atoms with E-state index in [1.807, 2.05) is 13.8 Å². The molecule has 1 amide bonds. The molecule has 2 aliphatic rings. The number of pyridine rings is 2. The summed E-state index contributed by atoms with van der Waals surface area (Å²) >= 11 is 11.1. The Hall–Kier alpha value is -7.42. The topological polar surface area (TPSA) is 131 Å². The van der Waals surface area contributed by atoms with Crippen molar-refractivity contribution in [1.29, 1.82) is 5.41 Å². The van der Waals surface area contributed by atoms with Gasteiger partial charge in [-0.25, -0.2) is 37.2 Å². The molecule has 2 aromatic carbocycles. The van der Waals surface area contributed by atoms with Crippen molar-refractivity contribution in [3.05, 3.63) is 151 Å². The average molecular weight is 906 g/mol. The molecule has 2 aliphatic heterocycles. The smallest absolute Gasteiger partial charge is 0.259 e. The zero-order valence-corrected chi connectivity index (χ0v) is 36.5. The highest BCUT2D eigenvalue weighted by Gasteiger charge is 2.51. The minimum absolute atomic E-state index is 0.0140. The highest BCUT2D eigenvalue weighted by atomic mass is 32.1. The number of aryl methyl sites for hydroxylation is 2. The first kappa shape index (κ1) is 44.6. The number of hydrogen-bond donors (Lipinski definition) is 1. The summed E-state index contributed by atoms with van der Waals surface area (Å²) in [4.78, 5) is 58.3. The number of thiocarbonyl (C=S) groups is 2. The first-order valence-electron chi connectivity index (χ1n) is 19.4. The van der Waals surface area contributed by atoms with Crippen LogP contribution in [-0.2, 0) is 17.6 Å². The number of benzene rings is 2. The van der Waals surface area contributed by atoms with E-state index < -0.39 is 51.4 Å². The first-order chi connectivity index (χ1) is 30.2. The fourth-order valence-electron chi connectivity index (χ4n) is 7.39. The second kappa shape index (κ2) is 16.4. The summed E-state index contributed by atoms with van der Waals surface area (Å²) in [7, 11) is 0. The molecule has 0 radical (unpaired) electrons. The lowest BCUT2D eigenvalue weighted by Gasteiger charge is -2.30. The lowest BCUT2D eigenvalue weighted by molar-refractivity contribution is -0.120. The van der Waals surface area contributed by atoms with E-state index in [9.17, 15) is 31.9 Å². The number of hydrogen-bond acceptors (Lipinski definition) is 8. The fraction of sp³-hybridized carbons (Fsp3) is 0.227. The van der Waals surface area contributed by atoms with Crippen molar-refractivity contribution in [3.63, 3.8) is 0 Å². The van der Waals surface area contributed by atoms with E-state index in [4.69, 9.17) is 43.0 Å². The van der Waals surface area contributed by atoms with Crippen molar-refractivity contribution < 1.29 is 22.4 Å². The van der Waals surface area contributed by atoms with Gasteiger partial charge in [-0.1, -0.05) is 26.0 Å². The summed E-state index contributed by atoms with van der Waals surface area (Å²) in [5, 5.41) is 8.77. The maximum Gasteiger partial charge on any atom is 0.259 e. The van der Waals surface area contributed by atoms with Gasteiger partial charge in [-0.3, -0.25) is 38.4 Å². The minimum Gasteiger partial charge on any atom is -0.304 e. The molecule has 0 unspecified atom stereocenters. The van der Waals surface area contributed by atoms with Gasteiger partial charge >= 0.3 is 0 Å². The highest BCUT2D eigenvalue weighted by molar-refractivity contribution is 7.81. The molecule has 2 fully saturated rings. The Kier molecular flexibility index (Phi) is 11.4. The molecule has 4 aromatic heterocycles. The summed E-state index contributed by atoms with van der Waals surface area (Å²) in [6.07, 6.45) is 3.77. The highest BCUT2D eigenvalue weighted by Crippen LogP contribution is 2.39. The number of carbonyl (C=O) groups excluding carboxylic acids is 1. The van der Waals surface area contributed by atoms with Crippen LogP contribution >= 0.6 is 24.4 Å². The van der Waals surface area contributed by atoms with Crippen LogP contribution in [0, 0.1) is 41.8 Å². The summed E-state index contributed by atoms with van der Waals surface area (Å²) in [6, 6.07) is 12.7. The number of amides is 1. The standard InChI is InChI=1S/C22H18F2N6OS.C22H17F2N5O2S/c1-5-12-8-18(31)28-11-14(10-16(24)19(28)27-12)30-21(32)29(20(25)22(30,2)3)13-6-7-17(26-4)15(23)9-13;1-5-12-8-18(30)27-11-14(10-16(24)19(27)26-12)29-21(32)28(20(31)22(29,2)3)13-6-7-17(25-4)15(23)9-13/h6-11,25H,5H2,1-3H3;6-11H,5H2,1-3H3. The Morgan fingerprint density at radius 3 is 1.41 bits per heavy atom. The number of nitrogens with zero attached hydrogens (tertiary/aromatic N) is 10. The summed E-state index contributed by atoms with van der Waals surface area (Å²) < 4.78 is 60.6. The number of halogens is 4. The number of anilines is 4. The Bertz CT molecular complexity index is 3030. The quantitative estimate of drug-likeness (QED) is 0.0987. The van der Waals surface area contributed by atoms with Gasteiger partial charge < -0.3 is 9.80 Å². The molecule has 2 saturated heterocycles. The van der Waals surface area contributed by atoms with E-state index in [0.717, 1.165) is 31.9 Å². The minimum atomic E-state index is -1.26. The molecule has 1 N–H and O–H groups in total. The molecule has 8 rings (SSSR count). The molecule has 14 nitrogen and oxygen atoms in total. The van der Waals surface area contributed by atoms with Crippen molar-refractivity contribution in [2.45, 2.75) is 65.5 Å². The van der Waals surface area contributed by atoms with E-state index in [1.165, 1.54) is 69.6 Å². The lowest BCUT2D eigenvalue weighted by atomic mass is 10.0. The Labute approximate surface area is 373 Å². The van der Waals surface area contributed by atoms with Crippen LogP contribution in [-0.4, -0.2) is 51.8 Å². The van der Waals surface area contributed by atoms with Gasteiger partial charge in [0.1, 0.15) is 23.0 Å². The summed E-state index contributed by atoms with van der Waals surface area (Å²) in [6.45, 7) is 24.2. The van der Waals surface area contributed by atoms with Crippen LogP contribution in [0.4, 0.5) is 51.7 Å². The molecule has 0 aliphatic carbocycles. The molecular formula is C44H35F4N11O3S2. The lowest BCUT2D eigenvalue weighted by Crippen LogP contribution is -2.44. The zero-order valence-electron chi connectivity index (χ0n) is 34.9. The van der Waals surface area contributed by atoms with Crippen LogP contribution in [0.5, 0.6) is 0 Å². The molecule has 0 bridgehead atoms. The van der Waals surface area contributed by atoms with Crippen molar-refractivity contribution in [2.24, 2.45) is 0 Å². The van der Waals surface area contributed by atoms with Crippen LogP contribution in [0.25, 0.3) is 21.0 Å². The van der Waals surface area contributed by atoms with E-state index in [-0.39, 0.29) is 61.5 Å². The first-order valence-corrected chi connectivity index (χ1v) is 20.2. The van der Waals surface area contributed by atoms with Gasteiger partial charge in [-0.15, -0.1) is 0 Å². The van der Waals surface area contributed by atoms with Gasteiger partial charge in [0.2, 0.25) is 11.4 Å². The number of amidine groups is 1. The maximum absolute atomic E-state index is 15.0. The number of rotatable bonds is 6. The summed E-state index contributed by atoms with van der Waals surface area (Å²) in [5.41, 5.74) is -1.94. The van der Waals surface area contributed by atoms with Crippen LogP contribution in [0.1, 0.15) is 52.9 Å². The van der Waals surface area contributed by atoms with Crippen LogP contribution < -0.4 is 30.7 Å². The average Bonchev–Trinajstić information content (AvgIpc) is 3.54. The number of fused-ring (bicyclic) bond motifs is 2. The van der Waals surface area contributed by atoms with Gasteiger partial charge in [0.25, 0.3) is 17.0 Å². The van der Waals surface area contributed by atoms with E-state index in [0.29, 0.717) is 24.2 Å². The Morgan fingerprint density at radius 2 is 1.00 bits per heavy atom. The van der Waals surface area contributed by atoms with E-state index in [2.05, 4.69) is 19.7 Å². The monoisotopic (exact) mass is 905 g/mol. The predicted molar refractivity (Wildman–Crippen MR) is 243 cm³/mol. The van der Waals surface area contributed by atoms with Gasteiger partial charge in [-0.05, 0) is 89.2 Å². The normalized spacial score (nSPS) is 15.5. The molecule has 0 atom stereocenters. The Balaban J connectivity index is 0.000000191. The van der Waals surface area contributed by atoms with Gasteiger partial charge in [-0.2, -0.15) is 0 Å². The van der Waals surface area contributed by atoms with Gasteiger partial charge in [0.05, 0.1) is 35.7 Å². The van der Waals surface area contributed by atoms with Crippen molar-refractivity contribution in [3.8, 4) is 0 Å². The van der Waals surface area contributed by atoms with Crippen molar-refractivity contribution in [2.75, 3.05) is 19.6 Å². The van der Waals surface area contributed by atoms with Crippen LogP contribution in [0.15, 0.2) is 82.6 Å². The summed E-state index contributed by atoms with van der Waals surface area (Å²) in [5.74, 6) is -3.40. The van der Waals surface area contributed by atoms with Crippen LogP contribution in [0.3, 0.4) is 0 Å². The Morgan fingerprint density at radius 1 is 0.609 bits per heavy atom. The third-order valence-corrected chi connectivity index (χ3v) is 11.5. The largest absolute Gasteiger partial charge is 0.304 e. The maximum atomic E-state index is 15.0. The molecule has 6 heterocycles. The molecule has 0 saturated carbocycles. The third-order valence-electron chi connectivity index (χ3n) is 10.8. The second-order valence-corrected chi connectivity index (χ2v) is 16.3. The molecule has 20 heteroatoms. The van der Waals surface area contributed by atoms with E-state index >= 15 is 0 Å². The predicted octanol–water partition coefficient (Wildman–Crippen LogP) is 8.46. The molecular weight excluding hydrogens is 871 g/mol. The number of carbonyl (C=O) groups is 1. The van der Waals surface area contributed by atoms with Crippen molar-refractivity contribution >= 4 is 91.8 Å². The third kappa shape index (κ3) is 7.29. The van der Waals surface area contributed by atoms with E-state index in [1.54, 1.807) is 27.7 Å². The van der Waals surface area contributed by atoms with Gasteiger partial charge in [0, 0.05) is 53.7 Å². The molecule has 0 spiro atoms. The molecule has 64 heavy (non-hydrogen) atoms. The fourth-order valence-corrected chi connectivity index (χ4v) is 8.44. The van der Waals surface area contributed by atoms with Crippen LogP contribution in [0.2, 0.25) is 0 Å². The SMILES string of the molecule is [C-]#[N+]c1ccc(N2C(=N)C(C)(C)N(c3cc(F)c4nc(CC)cc(=O)n4c3)C2=S)cc1F.[C-]#[N+]c1ccc(N2C(=O)C(C)(C)N(c3cc(F)c4nc(CC)cc(=O)n4c3)C2=S)cc1F. The van der Waals surface area contributed by atoms with Gasteiger partial charge in [0.15, 0.2) is 33.2 Å². The van der Waals surface area contributed by atoms with Crippen molar-refractivity contribution in [1.82, 2.24) is 18.8 Å². The molecule has 6 aromatic rings.